The Hall–Kier alpha value is -2.11. The minimum absolute atomic E-state index is 0.0980. The number of furan rings is 1. The van der Waals surface area contributed by atoms with Crippen LogP contribution in [0.15, 0.2) is 47.1 Å². The van der Waals surface area contributed by atoms with Crippen molar-refractivity contribution in [2.24, 2.45) is 0 Å². The van der Waals surface area contributed by atoms with Gasteiger partial charge in [-0.2, -0.15) is 0 Å². The second kappa shape index (κ2) is 5.90. The zero-order valence-corrected chi connectivity index (χ0v) is 10.8. The van der Waals surface area contributed by atoms with Crippen LogP contribution in [-0.2, 0) is 6.42 Å². The number of anilines is 1. The molecule has 0 fully saturated rings. The van der Waals surface area contributed by atoms with Crippen LogP contribution in [0.2, 0.25) is 0 Å². The summed E-state index contributed by atoms with van der Waals surface area (Å²) in [5, 5.41) is 2.99. The van der Waals surface area contributed by atoms with Crippen molar-refractivity contribution in [2.75, 3.05) is 5.32 Å². The van der Waals surface area contributed by atoms with Crippen LogP contribution in [0.3, 0.4) is 0 Å². The number of rotatable bonds is 5. The fraction of sp³-hybridized carbons (Fsp3) is 0.286. The molecule has 1 unspecified atom stereocenters. The summed E-state index contributed by atoms with van der Waals surface area (Å²) in [4.78, 5) is 0. The Morgan fingerprint density at radius 3 is 2.60 bits per heavy atom. The Bertz CT molecular complexity index is 538. The molecule has 1 aromatic carbocycles. The minimum Gasteiger partial charge on any atom is -0.469 e. The van der Waals surface area contributed by atoms with E-state index in [-0.39, 0.29) is 11.8 Å². The van der Waals surface area contributed by atoms with Gasteiger partial charge >= 0.3 is 6.36 Å². The highest BCUT2D eigenvalue weighted by Crippen LogP contribution is 2.30. The molecule has 0 aliphatic rings. The average molecular weight is 285 g/mol. The van der Waals surface area contributed by atoms with Crippen LogP contribution in [0.1, 0.15) is 12.7 Å². The molecule has 3 nitrogen and oxygen atoms in total. The topological polar surface area (TPSA) is 34.4 Å². The Morgan fingerprint density at radius 2 is 1.95 bits per heavy atom. The van der Waals surface area contributed by atoms with E-state index < -0.39 is 6.36 Å². The maximum atomic E-state index is 12.3. The Kier molecular flexibility index (Phi) is 4.22. The molecular weight excluding hydrogens is 271 g/mol. The second-order valence-corrected chi connectivity index (χ2v) is 4.37. The summed E-state index contributed by atoms with van der Waals surface area (Å²) in [5.74, 6) is 0.519. The number of hydrogen-bond donors (Lipinski definition) is 1. The zero-order chi connectivity index (χ0) is 14.6. The first kappa shape index (κ1) is 14.3. The summed E-state index contributed by atoms with van der Waals surface area (Å²) in [6.45, 7) is 1.85. The molecule has 2 aromatic rings. The molecule has 0 saturated carbocycles. The lowest BCUT2D eigenvalue weighted by Gasteiger charge is -2.18. The molecule has 20 heavy (non-hydrogen) atoms. The first-order valence-electron chi connectivity index (χ1n) is 6.08. The number of hydrogen-bond acceptors (Lipinski definition) is 3. The van der Waals surface area contributed by atoms with Gasteiger partial charge in [-0.25, -0.2) is 0 Å². The molecule has 0 spiro atoms. The van der Waals surface area contributed by atoms with Gasteiger partial charge in [0.15, 0.2) is 5.75 Å². The fourth-order valence-electron chi connectivity index (χ4n) is 1.85. The van der Waals surface area contributed by atoms with Crippen LogP contribution in [-0.4, -0.2) is 12.4 Å². The Labute approximate surface area is 114 Å². The third-order valence-corrected chi connectivity index (χ3v) is 2.60. The van der Waals surface area contributed by atoms with Gasteiger partial charge in [0.1, 0.15) is 5.76 Å². The summed E-state index contributed by atoms with van der Waals surface area (Å²) in [6, 6.07) is 9.43. The van der Waals surface area contributed by atoms with Crippen molar-refractivity contribution in [2.45, 2.75) is 25.7 Å². The van der Waals surface area contributed by atoms with Gasteiger partial charge in [-0.3, -0.25) is 0 Å². The minimum atomic E-state index is -4.71. The van der Waals surface area contributed by atoms with E-state index in [0.29, 0.717) is 12.1 Å². The van der Waals surface area contributed by atoms with Crippen molar-refractivity contribution in [3.63, 3.8) is 0 Å². The van der Waals surface area contributed by atoms with Gasteiger partial charge < -0.3 is 14.5 Å². The smallest absolute Gasteiger partial charge is 0.469 e. The molecule has 1 N–H and O–H groups in total. The maximum Gasteiger partial charge on any atom is 0.573 e. The van der Waals surface area contributed by atoms with E-state index >= 15 is 0 Å². The van der Waals surface area contributed by atoms with E-state index in [1.807, 2.05) is 13.0 Å². The molecule has 1 aromatic heterocycles. The number of nitrogens with one attached hydrogen (secondary N) is 1. The quantitative estimate of drug-likeness (QED) is 0.893. The highest BCUT2D eigenvalue weighted by molar-refractivity contribution is 5.56. The predicted molar refractivity (Wildman–Crippen MR) is 68.6 cm³/mol. The lowest BCUT2D eigenvalue weighted by Crippen LogP contribution is -2.21. The predicted octanol–water partition coefficient (Wildman–Crippen LogP) is 4.22. The molecule has 0 amide bonds. The molecule has 6 heteroatoms. The standard InChI is InChI=1S/C14H14F3NO2/c1-10(9-11-5-4-8-19-11)18-12-6-2-3-7-13(12)20-14(15,16)17/h2-8,10,18H,9H2,1H3. The van der Waals surface area contributed by atoms with Crippen molar-refractivity contribution in [1.29, 1.82) is 0 Å². The first-order chi connectivity index (χ1) is 9.44. The highest BCUT2D eigenvalue weighted by Gasteiger charge is 2.32. The van der Waals surface area contributed by atoms with Crippen LogP contribution in [0.5, 0.6) is 5.75 Å². The summed E-state index contributed by atoms with van der Waals surface area (Å²) in [7, 11) is 0. The maximum absolute atomic E-state index is 12.3. The molecule has 1 heterocycles. The third-order valence-electron chi connectivity index (χ3n) is 2.60. The van der Waals surface area contributed by atoms with Crippen molar-refractivity contribution in [3.8, 4) is 5.75 Å². The molecule has 0 saturated heterocycles. The van der Waals surface area contributed by atoms with Crippen LogP contribution in [0.4, 0.5) is 18.9 Å². The van der Waals surface area contributed by atoms with Gasteiger partial charge in [0.05, 0.1) is 12.0 Å². The van der Waals surface area contributed by atoms with Gasteiger partial charge in [0, 0.05) is 12.5 Å². The highest BCUT2D eigenvalue weighted by atomic mass is 19.4. The molecule has 0 aliphatic carbocycles. The average Bonchev–Trinajstić information content (AvgIpc) is 2.82. The van der Waals surface area contributed by atoms with Gasteiger partial charge in [-0.15, -0.1) is 13.2 Å². The zero-order valence-electron chi connectivity index (χ0n) is 10.8. The molecule has 0 aliphatic heterocycles. The SMILES string of the molecule is CC(Cc1ccco1)Nc1ccccc1OC(F)(F)F. The molecule has 2 rings (SSSR count). The first-order valence-corrected chi connectivity index (χ1v) is 6.08. The van der Waals surface area contributed by atoms with E-state index in [4.69, 9.17) is 4.42 Å². The van der Waals surface area contributed by atoms with E-state index in [1.54, 1.807) is 24.5 Å². The molecule has 0 bridgehead atoms. The van der Waals surface area contributed by atoms with Crippen LogP contribution in [0, 0.1) is 0 Å². The van der Waals surface area contributed by atoms with E-state index in [2.05, 4.69) is 10.1 Å². The van der Waals surface area contributed by atoms with Crippen LogP contribution < -0.4 is 10.1 Å². The monoisotopic (exact) mass is 285 g/mol. The summed E-state index contributed by atoms with van der Waals surface area (Å²) in [5.41, 5.74) is 0.295. The van der Waals surface area contributed by atoms with Crippen molar-refractivity contribution in [1.82, 2.24) is 0 Å². The summed E-state index contributed by atoms with van der Waals surface area (Å²) in [6.07, 6.45) is -2.59. The Morgan fingerprint density at radius 1 is 1.20 bits per heavy atom. The fourth-order valence-corrected chi connectivity index (χ4v) is 1.85. The molecule has 108 valence electrons. The number of halogens is 3. The third kappa shape index (κ3) is 4.22. The van der Waals surface area contributed by atoms with Crippen LogP contribution >= 0.6 is 0 Å². The van der Waals surface area contributed by atoms with E-state index in [1.165, 1.54) is 12.1 Å². The van der Waals surface area contributed by atoms with E-state index in [0.717, 1.165) is 5.76 Å². The number of para-hydroxylation sites is 2. The van der Waals surface area contributed by atoms with Crippen molar-refractivity contribution in [3.05, 3.63) is 48.4 Å². The van der Waals surface area contributed by atoms with Gasteiger partial charge in [-0.05, 0) is 31.2 Å². The lowest BCUT2D eigenvalue weighted by atomic mass is 10.2. The normalized spacial score (nSPS) is 13.0. The largest absolute Gasteiger partial charge is 0.573 e. The van der Waals surface area contributed by atoms with Gasteiger partial charge in [0.25, 0.3) is 0 Å². The van der Waals surface area contributed by atoms with Gasteiger partial charge in [0.2, 0.25) is 0 Å². The van der Waals surface area contributed by atoms with E-state index in [9.17, 15) is 13.2 Å². The summed E-state index contributed by atoms with van der Waals surface area (Å²) >= 11 is 0. The second-order valence-electron chi connectivity index (χ2n) is 4.37. The van der Waals surface area contributed by atoms with Crippen LogP contribution in [0.25, 0.3) is 0 Å². The lowest BCUT2D eigenvalue weighted by molar-refractivity contribution is -0.274. The molecule has 1 atom stereocenters. The van der Waals surface area contributed by atoms with Crippen molar-refractivity contribution < 1.29 is 22.3 Å². The molecular formula is C14H14F3NO2. The number of alkyl halides is 3. The van der Waals surface area contributed by atoms with Crippen molar-refractivity contribution >= 4 is 5.69 Å². The number of ether oxygens (including phenoxy) is 1. The Balaban J connectivity index is 2.05. The summed E-state index contributed by atoms with van der Waals surface area (Å²) < 4.78 is 46.1. The number of benzene rings is 1. The van der Waals surface area contributed by atoms with Gasteiger partial charge in [-0.1, -0.05) is 12.1 Å². The molecule has 0 radical (unpaired) electrons.